The Morgan fingerprint density at radius 1 is 1.61 bits per heavy atom. The van der Waals surface area contributed by atoms with E-state index in [-0.39, 0.29) is 17.4 Å². The summed E-state index contributed by atoms with van der Waals surface area (Å²) in [7, 11) is 0. The highest BCUT2D eigenvalue weighted by atomic mass is 32.2. The molecule has 1 aliphatic rings. The van der Waals surface area contributed by atoms with Crippen LogP contribution in [-0.2, 0) is 4.74 Å². The third-order valence-corrected chi connectivity index (χ3v) is 4.18. The van der Waals surface area contributed by atoms with Crippen molar-refractivity contribution in [3.8, 4) is 0 Å². The molecule has 98 valence electrons. The molecular formula is C12H16N2O3S. The van der Waals surface area contributed by atoms with Gasteiger partial charge in [0.2, 0.25) is 0 Å². The number of hydrogen-bond donors (Lipinski definition) is 1. The zero-order chi connectivity index (χ0) is 13.0. The first-order valence-corrected chi connectivity index (χ1v) is 7.15. The molecule has 2 heterocycles. The molecule has 0 radical (unpaired) electrons. The Morgan fingerprint density at radius 3 is 3.06 bits per heavy atom. The zero-order valence-electron chi connectivity index (χ0n) is 10.3. The normalized spacial score (nSPS) is 19.5. The molecule has 1 aromatic rings. The predicted molar refractivity (Wildman–Crippen MR) is 69.9 cm³/mol. The van der Waals surface area contributed by atoms with E-state index in [1.54, 1.807) is 18.7 Å². The number of hydrogen-bond acceptors (Lipinski definition) is 5. The van der Waals surface area contributed by atoms with E-state index in [1.165, 1.54) is 12.6 Å². The Labute approximate surface area is 109 Å². The summed E-state index contributed by atoms with van der Waals surface area (Å²) < 4.78 is 4.79. The van der Waals surface area contributed by atoms with Crippen LogP contribution in [0.25, 0.3) is 0 Å². The van der Waals surface area contributed by atoms with E-state index in [4.69, 9.17) is 4.74 Å². The van der Waals surface area contributed by atoms with Crippen LogP contribution in [-0.4, -0.2) is 28.3 Å². The quantitative estimate of drug-likeness (QED) is 0.848. The van der Waals surface area contributed by atoms with Gasteiger partial charge in [0.25, 0.3) is 5.56 Å². The summed E-state index contributed by atoms with van der Waals surface area (Å²) >= 11 is 1.80. The molecule has 18 heavy (non-hydrogen) atoms. The van der Waals surface area contributed by atoms with Crippen molar-refractivity contribution in [2.45, 2.75) is 31.4 Å². The third-order valence-electron chi connectivity index (χ3n) is 2.80. The number of esters is 1. The molecule has 0 saturated carbocycles. The smallest absolute Gasteiger partial charge is 0.345 e. The second-order valence-electron chi connectivity index (χ2n) is 4.09. The molecule has 0 bridgehead atoms. The van der Waals surface area contributed by atoms with Gasteiger partial charge in [-0.15, -0.1) is 0 Å². The molecule has 1 unspecified atom stereocenters. The average molecular weight is 268 g/mol. The van der Waals surface area contributed by atoms with Crippen LogP contribution in [0.3, 0.4) is 0 Å². The summed E-state index contributed by atoms with van der Waals surface area (Å²) in [6.45, 7) is 1.95. The van der Waals surface area contributed by atoms with Gasteiger partial charge in [0.1, 0.15) is 11.4 Å². The minimum Gasteiger partial charge on any atom is -0.462 e. The van der Waals surface area contributed by atoms with Gasteiger partial charge < -0.3 is 9.72 Å². The van der Waals surface area contributed by atoms with Gasteiger partial charge in [-0.2, -0.15) is 11.8 Å². The van der Waals surface area contributed by atoms with Crippen LogP contribution in [0.4, 0.5) is 0 Å². The summed E-state index contributed by atoms with van der Waals surface area (Å²) in [4.78, 5) is 30.1. The molecule has 1 N–H and O–H groups in total. The molecule has 1 atom stereocenters. The molecule has 1 fully saturated rings. The highest BCUT2D eigenvalue weighted by Gasteiger charge is 2.20. The van der Waals surface area contributed by atoms with Crippen molar-refractivity contribution in [1.82, 2.24) is 9.97 Å². The van der Waals surface area contributed by atoms with Crippen LogP contribution < -0.4 is 5.56 Å². The molecular weight excluding hydrogens is 252 g/mol. The summed E-state index contributed by atoms with van der Waals surface area (Å²) in [6, 6.07) is 0. The van der Waals surface area contributed by atoms with Gasteiger partial charge in [-0.3, -0.25) is 4.79 Å². The molecule has 0 aromatic carbocycles. The minimum atomic E-state index is -0.617. The van der Waals surface area contributed by atoms with E-state index in [2.05, 4.69) is 9.97 Å². The number of aromatic nitrogens is 2. The molecule has 0 aliphatic carbocycles. The first-order valence-electron chi connectivity index (χ1n) is 6.10. The van der Waals surface area contributed by atoms with Gasteiger partial charge in [0.05, 0.1) is 11.9 Å². The third kappa shape index (κ3) is 2.93. The fourth-order valence-electron chi connectivity index (χ4n) is 1.88. The van der Waals surface area contributed by atoms with Crippen molar-refractivity contribution < 1.29 is 9.53 Å². The van der Waals surface area contributed by atoms with E-state index in [0.29, 0.717) is 5.82 Å². The van der Waals surface area contributed by atoms with Crippen molar-refractivity contribution in [2.24, 2.45) is 0 Å². The van der Waals surface area contributed by atoms with Gasteiger partial charge in [0, 0.05) is 6.20 Å². The number of ether oxygens (including phenoxy) is 1. The molecule has 1 saturated heterocycles. The highest BCUT2D eigenvalue weighted by Crippen LogP contribution is 2.35. The number of aromatic amines is 1. The summed E-state index contributed by atoms with van der Waals surface area (Å²) in [5.41, 5.74) is -0.439. The number of thioether (sulfide) groups is 1. The van der Waals surface area contributed by atoms with Crippen LogP contribution >= 0.6 is 11.8 Å². The van der Waals surface area contributed by atoms with Gasteiger partial charge in [-0.05, 0) is 25.5 Å². The number of H-pyrrole nitrogens is 1. The minimum absolute atomic E-state index is 0.0265. The van der Waals surface area contributed by atoms with Crippen LogP contribution in [0, 0.1) is 0 Å². The number of carbonyl (C=O) groups is 1. The number of nitrogens with one attached hydrogen (secondary N) is 1. The number of carbonyl (C=O) groups excluding carboxylic acids is 1. The molecule has 2 rings (SSSR count). The summed E-state index contributed by atoms with van der Waals surface area (Å²) in [5, 5.41) is 0.239. The van der Waals surface area contributed by atoms with Crippen LogP contribution in [0.2, 0.25) is 0 Å². The summed E-state index contributed by atoms with van der Waals surface area (Å²) in [6.07, 6.45) is 4.71. The fourth-order valence-corrected chi connectivity index (χ4v) is 3.15. The molecule has 1 aromatic heterocycles. The lowest BCUT2D eigenvalue weighted by atomic mass is 10.2. The largest absolute Gasteiger partial charge is 0.462 e. The van der Waals surface area contributed by atoms with Gasteiger partial charge in [-0.1, -0.05) is 6.42 Å². The zero-order valence-corrected chi connectivity index (χ0v) is 11.1. The Bertz CT molecular complexity index is 480. The van der Waals surface area contributed by atoms with E-state index >= 15 is 0 Å². The van der Waals surface area contributed by atoms with Crippen molar-refractivity contribution in [3.63, 3.8) is 0 Å². The number of rotatable bonds is 3. The van der Waals surface area contributed by atoms with E-state index in [0.717, 1.165) is 18.6 Å². The van der Waals surface area contributed by atoms with E-state index in [9.17, 15) is 9.59 Å². The van der Waals surface area contributed by atoms with Crippen molar-refractivity contribution >= 4 is 17.7 Å². The fraction of sp³-hybridized carbons (Fsp3) is 0.583. The average Bonchev–Trinajstić information content (AvgIpc) is 2.40. The lowest BCUT2D eigenvalue weighted by Gasteiger charge is -2.20. The van der Waals surface area contributed by atoms with Gasteiger partial charge >= 0.3 is 5.97 Å². The van der Waals surface area contributed by atoms with Crippen molar-refractivity contribution in [2.75, 3.05) is 12.4 Å². The standard InChI is InChI=1S/C12H16N2O3S/c1-2-17-12(16)8-7-13-10(14-11(8)15)9-5-3-4-6-18-9/h7,9H,2-6H2,1H3,(H,13,14,15). The Kier molecular flexibility index (Phi) is 4.41. The Hall–Kier alpha value is -1.30. The predicted octanol–water partition coefficient (Wildman–Crippen LogP) is 1.90. The lowest BCUT2D eigenvalue weighted by molar-refractivity contribution is 0.0523. The molecule has 0 spiro atoms. The van der Waals surface area contributed by atoms with Gasteiger partial charge in [-0.25, -0.2) is 9.78 Å². The second kappa shape index (κ2) is 6.04. The first-order chi connectivity index (χ1) is 8.72. The molecule has 5 nitrogen and oxygen atoms in total. The molecule has 0 amide bonds. The van der Waals surface area contributed by atoms with Crippen molar-refractivity contribution in [3.05, 3.63) is 27.9 Å². The lowest BCUT2D eigenvalue weighted by Crippen LogP contribution is -2.23. The highest BCUT2D eigenvalue weighted by molar-refractivity contribution is 7.99. The van der Waals surface area contributed by atoms with Crippen LogP contribution in [0.1, 0.15) is 47.6 Å². The van der Waals surface area contributed by atoms with Crippen LogP contribution in [0.15, 0.2) is 11.0 Å². The Balaban J connectivity index is 2.19. The first kappa shape index (κ1) is 13.1. The topological polar surface area (TPSA) is 72.0 Å². The monoisotopic (exact) mass is 268 g/mol. The maximum Gasteiger partial charge on any atom is 0.345 e. The molecule has 1 aliphatic heterocycles. The SMILES string of the molecule is CCOC(=O)c1cnc(C2CCCCS2)[nH]c1=O. The maximum absolute atomic E-state index is 11.8. The summed E-state index contributed by atoms with van der Waals surface area (Å²) in [5.74, 6) is 1.14. The van der Waals surface area contributed by atoms with Crippen LogP contribution in [0.5, 0.6) is 0 Å². The van der Waals surface area contributed by atoms with Crippen molar-refractivity contribution in [1.29, 1.82) is 0 Å². The van der Waals surface area contributed by atoms with E-state index < -0.39 is 11.5 Å². The second-order valence-corrected chi connectivity index (χ2v) is 5.40. The van der Waals surface area contributed by atoms with E-state index in [1.807, 2.05) is 0 Å². The maximum atomic E-state index is 11.8. The van der Waals surface area contributed by atoms with Gasteiger partial charge in [0.15, 0.2) is 0 Å². The Morgan fingerprint density at radius 2 is 2.44 bits per heavy atom. The number of nitrogens with zero attached hydrogens (tertiary/aromatic N) is 1. The molecule has 6 heteroatoms.